The van der Waals surface area contributed by atoms with Crippen molar-refractivity contribution in [3.05, 3.63) is 36.3 Å². The molecule has 0 bridgehead atoms. The molecular weight excluding hydrogens is 216 g/mol. The lowest BCUT2D eigenvalue weighted by molar-refractivity contribution is -0.139. The smallest absolute Gasteiger partial charge is 0.307 e. The lowest BCUT2D eigenvalue weighted by Crippen LogP contribution is -2.03. The minimum absolute atomic E-state index is 0.0531. The van der Waals surface area contributed by atoms with Crippen molar-refractivity contribution in [2.45, 2.75) is 19.8 Å². The van der Waals surface area contributed by atoms with Gasteiger partial charge in [-0.25, -0.2) is 4.98 Å². The fourth-order valence-electron chi connectivity index (χ4n) is 2.83. The Morgan fingerprint density at radius 3 is 2.88 bits per heavy atom. The Hall–Kier alpha value is -1.84. The molecule has 1 fully saturated rings. The minimum Gasteiger partial charge on any atom is -0.481 e. The lowest BCUT2D eigenvalue weighted by Gasteiger charge is -2.02. The Bertz CT molecular complexity index is 600. The minimum atomic E-state index is -0.717. The molecule has 0 radical (unpaired) electrons. The third kappa shape index (κ3) is 1.30. The maximum absolute atomic E-state index is 11.2. The molecular formula is C13H14N2O2. The van der Waals surface area contributed by atoms with Crippen LogP contribution in [0.1, 0.15) is 25.5 Å². The number of imidazole rings is 1. The van der Waals surface area contributed by atoms with Crippen molar-refractivity contribution in [2.75, 3.05) is 0 Å². The first-order valence-electron chi connectivity index (χ1n) is 5.68. The number of aliphatic carboxylic acids is 1. The molecule has 1 N–H and O–H groups in total. The molecule has 17 heavy (non-hydrogen) atoms. The summed E-state index contributed by atoms with van der Waals surface area (Å²) in [5.41, 5.74) is 1.69. The first-order valence-corrected chi connectivity index (χ1v) is 5.68. The van der Waals surface area contributed by atoms with Gasteiger partial charge in [0, 0.05) is 24.0 Å². The van der Waals surface area contributed by atoms with Crippen molar-refractivity contribution in [1.29, 1.82) is 0 Å². The van der Waals surface area contributed by atoms with Crippen molar-refractivity contribution in [3.63, 3.8) is 0 Å². The van der Waals surface area contributed by atoms with Crippen LogP contribution in [0.25, 0.3) is 5.65 Å². The zero-order chi connectivity index (χ0) is 12.2. The van der Waals surface area contributed by atoms with Crippen LogP contribution >= 0.6 is 0 Å². The summed E-state index contributed by atoms with van der Waals surface area (Å²) >= 11 is 0. The van der Waals surface area contributed by atoms with Gasteiger partial charge < -0.3 is 9.51 Å². The van der Waals surface area contributed by atoms with E-state index in [1.54, 1.807) is 6.20 Å². The second kappa shape index (κ2) is 3.09. The summed E-state index contributed by atoms with van der Waals surface area (Å²) in [7, 11) is 0. The van der Waals surface area contributed by atoms with Crippen LogP contribution in [-0.2, 0) is 4.79 Å². The molecule has 2 heterocycles. The summed E-state index contributed by atoms with van der Waals surface area (Å²) in [5, 5.41) is 9.20. The van der Waals surface area contributed by atoms with Gasteiger partial charge in [0.2, 0.25) is 0 Å². The largest absolute Gasteiger partial charge is 0.481 e. The van der Waals surface area contributed by atoms with E-state index in [1.807, 2.05) is 42.6 Å². The first kappa shape index (κ1) is 10.3. The Balaban J connectivity index is 2.09. The predicted octanol–water partition coefficient (Wildman–Crippen LogP) is 2.16. The van der Waals surface area contributed by atoms with Crippen LogP contribution in [0.5, 0.6) is 0 Å². The van der Waals surface area contributed by atoms with Gasteiger partial charge in [-0.15, -0.1) is 0 Å². The quantitative estimate of drug-likeness (QED) is 0.860. The van der Waals surface area contributed by atoms with Gasteiger partial charge in [0.15, 0.2) is 0 Å². The molecule has 0 aromatic carbocycles. The number of hydrogen-bond acceptors (Lipinski definition) is 2. The fraction of sp³-hybridized carbons (Fsp3) is 0.385. The van der Waals surface area contributed by atoms with E-state index >= 15 is 0 Å². The number of hydrogen-bond donors (Lipinski definition) is 1. The molecule has 0 spiro atoms. The topological polar surface area (TPSA) is 54.6 Å². The van der Waals surface area contributed by atoms with Crippen LogP contribution in [0.3, 0.4) is 0 Å². The highest BCUT2D eigenvalue weighted by Gasteiger charge is 2.63. The van der Waals surface area contributed by atoms with Gasteiger partial charge in [0.1, 0.15) is 5.65 Å². The average molecular weight is 230 g/mol. The van der Waals surface area contributed by atoms with Crippen molar-refractivity contribution >= 4 is 11.6 Å². The van der Waals surface area contributed by atoms with E-state index in [1.165, 1.54) is 0 Å². The molecule has 1 aliphatic carbocycles. The van der Waals surface area contributed by atoms with E-state index in [4.69, 9.17) is 0 Å². The zero-order valence-electron chi connectivity index (χ0n) is 9.79. The number of carboxylic acid groups (broad SMARTS) is 1. The normalized spacial score (nSPS) is 26.0. The molecule has 0 saturated heterocycles. The SMILES string of the molecule is CC1(C)[C@H](C(=O)O)[C@H]1c1cnc2ccccn12. The summed E-state index contributed by atoms with van der Waals surface area (Å²) in [6.07, 6.45) is 3.73. The van der Waals surface area contributed by atoms with E-state index in [0.29, 0.717) is 0 Å². The zero-order valence-corrected chi connectivity index (χ0v) is 9.79. The summed E-state index contributed by atoms with van der Waals surface area (Å²) < 4.78 is 1.98. The molecule has 2 aromatic heterocycles. The van der Waals surface area contributed by atoms with Crippen molar-refractivity contribution < 1.29 is 9.90 Å². The molecule has 0 aliphatic heterocycles. The molecule has 2 atom stereocenters. The number of nitrogens with zero attached hydrogens (tertiary/aromatic N) is 2. The van der Waals surface area contributed by atoms with Gasteiger partial charge in [-0.2, -0.15) is 0 Å². The highest BCUT2D eigenvalue weighted by atomic mass is 16.4. The maximum Gasteiger partial charge on any atom is 0.307 e. The average Bonchev–Trinajstić information content (AvgIpc) is 2.68. The molecule has 3 rings (SSSR count). The van der Waals surface area contributed by atoms with Crippen LogP contribution in [0.2, 0.25) is 0 Å². The summed E-state index contributed by atoms with van der Waals surface area (Å²) in [4.78, 5) is 15.5. The third-order valence-corrected chi connectivity index (χ3v) is 3.86. The van der Waals surface area contributed by atoms with Gasteiger partial charge in [0.05, 0.1) is 5.92 Å². The van der Waals surface area contributed by atoms with E-state index in [0.717, 1.165) is 11.3 Å². The lowest BCUT2D eigenvalue weighted by atomic mass is 10.1. The first-order chi connectivity index (χ1) is 8.03. The van der Waals surface area contributed by atoms with Gasteiger partial charge in [-0.1, -0.05) is 19.9 Å². The second-order valence-electron chi connectivity index (χ2n) is 5.23. The third-order valence-electron chi connectivity index (χ3n) is 3.86. The molecule has 4 nitrogen and oxygen atoms in total. The Kier molecular flexibility index (Phi) is 1.88. The monoisotopic (exact) mass is 230 g/mol. The number of carbonyl (C=O) groups is 1. The molecule has 88 valence electrons. The second-order valence-corrected chi connectivity index (χ2v) is 5.23. The molecule has 0 amide bonds. The maximum atomic E-state index is 11.2. The summed E-state index contributed by atoms with van der Waals surface area (Å²) in [6.45, 7) is 4.00. The van der Waals surface area contributed by atoms with E-state index < -0.39 is 5.97 Å². The number of fused-ring (bicyclic) bond motifs is 1. The Labute approximate surface area is 98.9 Å². The van der Waals surface area contributed by atoms with Crippen molar-refractivity contribution in [2.24, 2.45) is 11.3 Å². The van der Waals surface area contributed by atoms with Gasteiger partial charge in [-0.3, -0.25) is 4.79 Å². The molecule has 4 heteroatoms. The highest BCUT2D eigenvalue weighted by molar-refractivity contribution is 5.77. The summed E-state index contributed by atoms with van der Waals surface area (Å²) in [5.74, 6) is -0.967. The number of carboxylic acids is 1. The molecule has 2 aromatic rings. The van der Waals surface area contributed by atoms with Crippen LogP contribution in [0, 0.1) is 11.3 Å². The Morgan fingerprint density at radius 1 is 1.47 bits per heavy atom. The van der Waals surface area contributed by atoms with Gasteiger partial charge in [-0.05, 0) is 17.5 Å². The van der Waals surface area contributed by atoms with E-state index in [2.05, 4.69) is 4.98 Å². The molecule has 1 saturated carbocycles. The van der Waals surface area contributed by atoms with E-state index in [-0.39, 0.29) is 17.3 Å². The van der Waals surface area contributed by atoms with Crippen molar-refractivity contribution in [3.8, 4) is 0 Å². The van der Waals surface area contributed by atoms with Crippen molar-refractivity contribution in [1.82, 2.24) is 9.38 Å². The van der Waals surface area contributed by atoms with Crippen LogP contribution in [0.15, 0.2) is 30.6 Å². The number of rotatable bonds is 2. The fourth-order valence-corrected chi connectivity index (χ4v) is 2.83. The molecule has 0 unspecified atom stereocenters. The van der Waals surface area contributed by atoms with Gasteiger partial charge in [0.25, 0.3) is 0 Å². The standard InChI is InChI=1S/C13H14N2O2/c1-13(2)10(11(13)12(16)17)8-7-14-9-5-3-4-6-15(8)9/h3-7,10-11H,1-2H3,(H,16,17)/t10-,11+/m1/s1. The van der Waals surface area contributed by atoms with Crippen LogP contribution in [0.4, 0.5) is 0 Å². The van der Waals surface area contributed by atoms with Gasteiger partial charge >= 0.3 is 5.97 Å². The number of aromatic nitrogens is 2. The predicted molar refractivity (Wildman–Crippen MR) is 62.8 cm³/mol. The Morgan fingerprint density at radius 2 is 2.24 bits per heavy atom. The van der Waals surface area contributed by atoms with Crippen LogP contribution in [-0.4, -0.2) is 20.5 Å². The molecule has 1 aliphatic rings. The van der Waals surface area contributed by atoms with Crippen LogP contribution < -0.4 is 0 Å². The number of pyridine rings is 1. The highest BCUT2D eigenvalue weighted by Crippen LogP contribution is 2.64. The van der Waals surface area contributed by atoms with E-state index in [9.17, 15) is 9.90 Å². The summed E-state index contributed by atoms with van der Waals surface area (Å²) in [6, 6.07) is 5.79.